The van der Waals surface area contributed by atoms with Crippen LogP contribution in [0.1, 0.15) is 36.6 Å². The van der Waals surface area contributed by atoms with Crippen molar-refractivity contribution in [1.29, 1.82) is 0 Å². The van der Waals surface area contributed by atoms with Gasteiger partial charge in [0.25, 0.3) is 0 Å². The molecule has 1 atom stereocenters. The molecule has 1 aliphatic rings. The highest BCUT2D eigenvalue weighted by atomic mass is 32.2. The Labute approximate surface area is 110 Å². The Kier molecular flexibility index (Phi) is 3.52. The maximum Gasteiger partial charge on any atom is 0.211 e. The van der Waals surface area contributed by atoms with Crippen molar-refractivity contribution in [3.05, 3.63) is 34.9 Å². The smallest absolute Gasteiger partial charge is 0.211 e. The van der Waals surface area contributed by atoms with Crippen LogP contribution in [0.2, 0.25) is 0 Å². The van der Waals surface area contributed by atoms with E-state index in [1.807, 2.05) is 0 Å². The van der Waals surface area contributed by atoms with Gasteiger partial charge in [0.15, 0.2) is 0 Å². The van der Waals surface area contributed by atoms with Gasteiger partial charge in [-0.15, -0.1) is 0 Å². The van der Waals surface area contributed by atoms with Gasteiger partial charge < -0.3 is 0 Å². The van der Waals surface area contributed by atoms with E-state index in [4.69, 9.17) is 0 Å². The van der Waals surface area contributed by atoms with Gasteiger partial charge in [-0.1, -0.05) is 37.6 Å². The second-order valence-corrected chi connectivity index (χ2v) is 7.45. The van der Waals surface area contributed by atoms with E-state index >= 15 is 0 Å². The van der Waals surface area contributed by atoms with Crippen molar-refractivity contribution in [2.45, 2.75) is 33.2 Å². The Hall–Kier alpha value is -0.870. The Balaban J connectivity index is 2.52. The summed E-state index contributed by atoms with van der Waals surface area (Å²) >= 11 is 0. The lowest BCUT2D eigenvalue weighted by molar-refractivity contribution is 0.249. The van der Waals surface area contributed by atoms with Crippen molar-refractivity contribution in [2.24, 2.45) is 5.92 Å². The SMILES string of the molecule is Cc1ccc2c(c1)CCN(S(C)(=O)=O)C2C(C)C. The molecule has 0 radical (unpaired) electrons. The molecule has 1 heterocycles. The predicted molar refractivity (Wildman–Crippen MR) is 74.0 cm³/mol. The number of rotatable bonds is 2. The Morgan fingerprint density at radius 1 is 1.33 bits per heavy atom. The molecule has 18 heavy (non-hydrogen) atoms. The number of benzene rings is 1. The third-order valence-corrected chi connectivity index (χ3v) is 4.85. The third-order valence-electron chi connectivity index (χ3n) is 3.59. The molecule has 1 unspecified atom stereocenters. The van der Waals surface area contributed by atoms with Crippen molar-refractivity contribution < 1.29 is 8.42 Å². The number of hydrogen-bond acceptors (Lipinski definition) is 2. The number of nitrogens with zero attached hydrogens (tertiary/aromatic N) is 1. The van der Waals surface area contributed by atoms with Gasteiger partial charge in [0.1, 0.15) is 0 Å². The summed E-state index contributed by atoms with van der Waals surface area (Å²) in [5.41, 5.74) is 3.71. The summed E-state index contributed by atoms with van der Waals surface area (Å²) < 4.78 is 25.5. The van der Waals surface area contributed by atoms with E-state index in [9.17, 15) is 8.42 Å². The zero-order valence-electron chi connectivity index (χ0n) is 11.5. The van der Waals surface area contributed by atoms with Crippen LogP contribution in [0.4, 0.5) is 0 Å². The summed E-state index contributed by atoms with van der Waals surface area (Å²) in [6, 6.07) is 6.32. The molecule has 0 saturated carbocycles. The van der Waals surface area contributed by atoms with E-state index in [0.717, 1.165) is 6.42 Å². The standard InChI is InChI=1S/C14H21NO2S/c1-10(2)14-13-6-5-11(3)9-12(13)7-8-15(14)18(4,16)17/h5-6,9-10,14H,7-8H2,1-4H3. The van der Waals surface area contributed by atoms with Gasteiger partial charge in [-0.3, -0.25) is 0 Å². The predicted octanol–water partition coefficient (Wildman–Crippen LogP) is 2.51. The average molecular weight is 267 g/mol. The number of aryl methyl sites for hydroxylation is 1. The summed E-state index contributed by atoms with van der Waals surface area (Å²) in [5, 5.41) is 0. The topological polar surface area (TPSA) is 37.4 Å². The van der Waals surface area contributed by atoms with E-state index < -0.39 is 10.0 Å². The molecule has 0 aromatic heterocycles. The van der Waals surface area contributed by atoms with E-state index in [2.05, 4.69) is 39.0 Å². The largest absolute Gasteiger partial charge is 0.212 e. The highest BCUT2D eigenvalue weighted by Crippen LogP contribution is 2.36. The summed E-state index contributed by atoms with van der Waals surface area (Å²) in [5.74, 6) is 0.279. The van der Waals surface area contributed by atoms with Gasteiger partial charge in [-0.25, -0.2) is 8.42 Å². The first-order valence-corrected chi connectivity index (χ1v) is 8.22. The summed E-state index contributed by atoms with van der Waals surface area (Å²) in [6.45, 7) is 6.83. The average Bonchev–Trinajstić information content (AvgIpc) is 2.25. The minimum atomic E-state index is -3.14. The lowest BCUT2D eigenvalue weighted by atomic mass is 9.87. The summed E-state index contributed by atoms with van der Waals surface area (Å²) in [6.07, 6.45) is 2.12. The maximum atomic E-state index is 11.9. The second-order valence-electron chi connectivity index (χ2n) is 5.51. The van der Waals surface area contributed by atoms with Gasteiger partial charge in [0.05, 0.1) is 12.3 Å². The van der Waals surface area contributed by atoms with Crippen LogP contribution in [-0.4, -0.2) is 25.5 Å². The monoisotopic (exact) mass is 267 g/mol. The molecule has 0 N–H and O–H groups in total. The van der Waals surface area contributed by atoms with E-state index in [-0.39, 0.29) is 12.0 Å². The molecule has 0 saturated heterocycles. The zero-order valence-corrected chi connectivity index (χ0v) is 12.3. The minimum absolute atomic E-state index is 0.0238. The highest BCUT2D eigenvalue weighted by molar-refractivity contribution is 7.88. The zero-order chi connectivity index (χ0) is 13.5. The molecule has 0 spiro atoms. The molecule has 0 aliphatic carbocycles. The molecule has 0 bridgehead atoms. The van der Waals surface area contributed by atoms with E-state index in [1.165, 1.54) is 22.9 Å². The van der Waals surface area contributed by atoms with Crippen LogP contribution in [0.5, 0.6) is 0 Å². The second kappa shape index (κ2) is 4.67. The first-order chi connectivity index (χ1) is 8.30. The van der Waals surface area contributed by atoms with Crippen molar-refractivity contribution in [3.8, 4) is 0 Å². The molecule has 3 nitrogen and oxygen atoms in total. The van der Waals surface area contributed by atoms with Crippen LogP contribution in [0.15, 0.2) is 18.2 Å². The molecule has 0 amide bonds. The number of hydrogen-bond donors (Lipinski definition) is 0. The summed E-state index contributed by atoms with van der Waals surface area (Å²) in [7, 11) is -3.14. The van der Waals surface area contributed by atoms with Crippen LogP contribution in [0.25, 0.3) is 0 Å². The fourth-order valence-electron chi connectivity index (χ4n) is 2.83. The first-order valence-electron chi connectivity index (χ1n) is 6.37. The quantitative estimate of drug-likeness (QED) is 0.825. The molecule has 1 aromatic carbocycles. The molecule has 1 aromatic rings. The van der Waals surface area contributed by atoms with E-state index in [0.29, 0.717) is 6.54 Å². The van der Waals surface area contributed by atoms with Crippen molar-refractivity contribution in [3.63, 3.8) is 0 Å². The lowest BCUT2D eigenvalue weighted by Gasteiger charge is -2.38. The Morgan fingerprint density at radius 2 is 2.00 bits per heavy atom. The molecule has 1 aliphatic heterocycles. The Bertz CT molecular complexity index is 549. The third kappa shape index (κ3) is 2.45. The van der Waals surface area contributed by atoms with Gasteiger partial charge >= 0.3 is 0 Å². The molecule has 100 valence electrons. The molecule has 0 fully saturated rings. The van der Waals surface area contributed by atoms with Crippen LogP contribution in [0, 0.1) is 12.8 Å². The Morgan fingerprint density at radius 3 is 2.56 bits per heavy atom. The molecular formula is C14H21NO2S. The van der Waals surface area contributed by atoms with Crippen molar-refractivity contribution in [2.75, 3.05) is 12.8 Å². The van der Waals surface area contributed by atoms with E-state index in [1.54, 1.807) is 4.31 Å². The number of fused-ring (bicyclic) bond motifs is 1. The van der Waals surface area contributed by atoms with Crippen LogP contribution < -0.4 is 0 Å². The van der Waals surface area contributed by atoms with Crippen LogP contribution in [-0.2, 0) is 16.4 Å². The molecular weight excluding hydrogens is 246 g/mol. The highest BCUT2D eigenvalue weighted by Gasteiger charge is 2.34. The van der Waals surface area contributed by atoms with Gasteiger partial charge in [-0.2, -0.15) is 4.31 Å². The first kappa shape index (κ1) is 13.6. The molecule has 4 heteroatoms. The normalized spacial score (nSPS) is 21.1. The maximum absolute atomic E-state index is 11.9. The van der Waals surface area contributed by atoms with Crippen molar-refractivity contribution in [1.82, 2.24) is 4.31 Å². The van der Waals surface area contributed by atoms with Crippen LogP contribution >= 0.6 is 0 Å². The van der Waals surface area contributed by atoms with Gasteiger partial charge in [-0.05, 0) is 30.4 Å². The van der Waals surface area contributed by atoms with Crippen LogP contribution in [0.3, 0.4) is 0 Å². The van der Waals surface area contributed by atoms with Gasteiger partial charge in [0.2, 0.25) is 10.0 Å². The molecule has 2 rings (SSSR count). The fourth-order valence-corrected chi connectivity index (χ4v) is 4.02. The fraction of sp³-hybridized carbons (Fsp3) is 0.571. The summed E-state index contributed by atoms with van der Waals surface area (Å²) in [4.78, 5) is 0. The number of sulfonamides is 1. The van der Waals surface area contributed by atoms with Crippen molar-refractivity contribution >= 4 is 10.0 Å². The lowest BCUT2D eigenvalue weighted by Crippen LogP contribution is -2.41. The minimum Gasteiger partial charge on any atom is -0.212 e. The van der Waals surface area contributed by atoms with Gasteiger partial charge in [0, 0.05) is 6.54 Å².